The second kappa shape index (κ2) is 10.2. The Bertz CT molecular complexity index is 1300. The highest BCUT2D eigenvalue weighted by Gasteiger charge is 2.25. The minimum atomic E-state index is -0.498. The molecule has 1 saturated heterocycles. The van der Waals surface area contributed by atoms with Gasteiger partial charge in [0.05, 0.1) is 11.9 Å². The summed E-state index contributed by atoms with van der Waals surface area (Å²) in [5.41, 5.74) is 1.93. The van der Waals surface area contributed by atoms with E-state index in [-0.39, 0.29) is 6.09 Å². The van der Waals surface area contributed by atoms with Crippen molar-refractivity contribution in [1.82, 2.24) is 24.4 Å². The largest absolute Gasteiger partial charge is 0.444 e. The number of nitrogens with one attached hydrogen (secondary N) is 1. The van der Waals surface area contributed by atoms with Crippen molar-refractivity contribution in [3.63, 3.8) is 0 Å². The van der Waals surface area contributed by atoms with Gasteiger partial charge in [0.25, 0.3) is 0 Å². The van der Waals surface area contributed by atoms with Gasteiger partial charge in [-0.15, -0.1) is 0 Å². The van der Waals surface area contributed by atoms with Crippen molar-refractivity contribution in [3.8, 4) is 6.07 Å². The van der Waals surface area contributed by atoms with Gasteiger partial charge in [-0.05, 0) is 58.2 Å². The van der Waals surface area contributed by atoms with Crippen LogP contribution in [0.25, 0.3) is 11.0 Å². The van der Waals surface area contributed by atoms with Crippen LogP contribution in [0.2, 0.25) is 0 Å². The van der Waals surface area contributed by atoms with E-state index in [0.717, 1.165) is 42.5 Å². The maximum atomic E-state index is 12.5. The molecule has 0 atom stereocenters. The van der Waals surface area contributed by atoms with Crippen LogP contribution in [0.3, 0.4) is 0 Å². The summed E-state index contributed by atoms with van der Waals surface area (Å²) < 4.78 is 7.61. The Hall–Kier alpha value is -3.87. The van der Waals surface area contributed by atoms with Crippen molar-refractivity contribution < 1.29 is 9.53 Å². The van der Waals surface area contributed by atoms with Crippen LogP contribution in [0, 0.1) is 11.3 Å². The standard InChI is InChI=1S/C27H34N8O2/c1-27(2,3)37-26(36)34-12-6-11-33(13-14-34)21-9-10-23(29-18-21)31-25-30-17-19-15-22(16-28)35(24(19)32-25)20-7-4-5-8-20/h9-10,15,17-18,20H,4-8,11-14H2,1-3H3,(H,29,30,31,32). The van der Waals surface area contributed by atoms with Crippen LogP contribution in [0.4, 0.5) is 22.2 Å². The second-order valence-corrected chi connectivity index (χ2v) is 10.8. The fourth-order valence-corrected chi connectivity index (χ4v) is 5.13. The normalized spacial score (nSPS) is 17.0. The molecule has 3 aromatic rings. The third-order valence-corrected chi connectivity index (χ3v) is 6.88. The van der Waals surface area contributed by atoms with Crippen LogP contribution in [0.5, 0.6) is 0 Å². The van der Waals surface area contributed by atoms with Crippen LogP contribution in [0.15, 0.2) is 30.6 Å². The number of carbonyl (C=O) groups excluding carboxylic acids is 1. The number of hydrogen-bond donors (Lipinski definition) is 1. The lowest BCUT2D eigenvalue weighted by Gasteiger charge is -2.26. The van der Waals surface area contributed by atoms with E-state index in [0.29, 0.717) is 43.1 Å². The minimum absolute atomic E-state index is 0.259. The Morgan fingerprint density at radius 3 is 2.59 bits per heavy atom. The molecule has 0 unspecified atom stereocenters. The lowest BCUT2D eigenvalue weighted by atomic mass is 10.2. The Kier molecular flexibility index (Phi) is 6.87. The van der Waals surface area contributed by atoms with Crippen LogP contribution in [-0.2, 0) is 4.74 Å². The summed E-state index contributed by atoms with van der Waals surface area (Å²) in [6, 6.07) is 8.44. The van der Waals surface area contributed by atoms with Gasteiger partial charge in [-0.25, -0.2) is 14.8 Å². The number of rotatable bonds is 4. The molecule has 3 aromatic heterocycles. The average Bonchev–Trinajstić information content (AvgIpc) is 3.44. The molecule has 37 heavy (non-hydrogen) atoms. The van der Waals surface area contributed by atoms with E-state index in [1.165, 1.54) is 12.8 Å². The molecule has 10 nitrogen and oxygen atoms in total. The van der Waals surface area contributed by atoms with Crippen LogP contribution < -0.4 is 10.2 Å². The number of ether oxygens (including phenoxy) is 1. The van der Waals surface area contributed by atoms with Crippen molar-refractivity contribution in [3.05, 3.63) is 36.3 Å². The van der Waals surface area contributed by atoms with Gasteiger partial charge in [-0.1, -0.05) is 12.8 Å². The fraction of sp³-hybridized carbons (Fsp3) is 0.519. The quantitative estimate of drug-likeness (QED) is 0.530. The first-order valence-corrected chi connectivity index (χ1v) is 13.0. The smallest absolute Gasteiger partial charge is 0.410 e. The van der Waals surface area contributed by atoms with Crippen molar-refractivity contribution >= 4 is 34.6 Å². The molecule has 1 amide bonds. The van der Waals surface area contributed by atoms with E-state index in [1.54, 1.807) is 11.1 Å². The molecule has 5 rings (SSSR count). The summed E-state index contributed by atoms with van der Waals surface area (Å²) in [7, 11) is 0. The third kappa shape index (κ3) is 5.61. The highest BCUT2D eigenvalue weighted by atomic mass is 16.6. The predicted molar refractivity (Wildman–Crippen MR) is 142 cm³/mol. The van der Waals surface area contributed by atoms with Crippen molar-refractivity contribution in [2.24, 2.45) is 0 Å². The van der Waals surface area contributed by atoms with Crippen LogP contribution in [0.1, 0.15) is 64.6 Å². The summed E-state index contributed by atoms with van der Waals surface area (Å²) in [6.45, 7) is 8.49. The molecule has 1 N–H and O–H groups in total. The zero-order chi connectivity index (χ0) is 26.0. The second-order valence-electron chi connectivity index (χ2n) is 10.8. The molecule has 0 spiro atoms. The van der Waals surface area contributed by atoms with Crippen molar-refractivity contribution in [2.45, 2.75) is 64.5 Å². The molecule has 1 saturated carbocycles. The molecule has 194 valence electrons. The lowest BCUT2D eigenvalue weighted by Crippen LogP contribution is -2.39. The van der Waals surface area contributed by atoms with Crippen LogP contribution in [-0.4, -0.2) is 62.3 Å². The number of amides is 1. The summed E-state index contributed by atoms with van der Waals surface area (Å²) in [5, 5.41) is 13.7. The predicted octanol–water partition coefficient (Wildman–Crippen LogP) is 5.00. The average molecular weight is 503 g/mol. The summed E-state index contributed by atoms with van der Waals surface area (Å²) in [5.74, 6) is 1.10. The van der Waals surface area contributed by atoms with E-state index in [4.69, 9.17) is 9.72 Å². The molecule has 10 heteroatoms. The van der Waals surface area contributed by atoms with E-state index in [1.807, 2.05) is 45.2 Å². The number of nitriles is 1. The first-order chi connectivity index (χ1) is 17.8. The van der Waals surface area contributed by atoms with E-state index >= 15 is 0 Å². The molecule has 0 bridgehead atoms. The third-order valence-electron chi connectivity index (χ3n) is 6.88. The summed E-state index contributed by atoms with van der Waals surface area (Å²) in [6.07, 6.45) is 8.69. The van der Waals surface area contributed by atoms with E-state index in [9.17, 15) is 10.1 Å². The molecule has 2 aliphatic rings. The molecule has 1 aliphatic carbocycles. The highest BCUT2D eigenvalue weighted by Crippen LogP contribution is 2.34. The monoisotopic (exact) mass is 502 g/mol. The zero-order valence-corrected chi connectivity index (χ0v) is 21.8. The van der Waals surface area contributed by atoms with Crippen molar-refractivity contribution in [1.29, 1.82) is 5.26 Å². The van der Waals surface area contributed by atoms with Gasteiger partial charge in [0.1, 0.15) is 28.8 Å². The Labute approximate surface area is 217 Å². The van der Waals surface area contributed by atoms with Gasteiger partial charge >= 0.3 is 6.09 Å². The molecular formula is C27H34N8O2. The first kappa shape index (κ1) is 24.8. The number of fused-ring (bicyclic) bond motifs is 1. The lowest BCUT2D eigenvalue weighted by molar-refractivity contribution is 0.0263. The number of aromatic nitrogens is 4. The Morgan fingerprint density at radius 1 is 1.08 bits per heavy atom. The number of pyridine rings is 1. The maximum Gasteiger partial charge on any atom is 0.410 e. The van der Waals surface area contributed by atoms with Gasteiger partial charge in [-0.3, -0.25) is 0 Å². The summed E-state index contributed by atoms with van der Waals surface area (Å²) >= 11 is 0. The molecule has 0 aromatic carbocycles. The molecule has 0 radical (unpaired) electrons. The molecule has 1 aliphatic heterocycles. The maximum absolute atomic E-state index is 12.5. The van der Waals surface area contributed by atoms with Gasteiger partial charge in [-0.2, -0.15) is 10.2 Å². The highest BCUT2D eigenvalue weighted by molar-refractivity contribution is 5.79. The number of hydrogen-bond acceptors (Lipinski definition) is 8. The molecule has 2 fully saturated rings. The number of carbonyl (C=O) groups is 1. The fourth-order valence-electron chi connectivity index (χ4n) is 5.13. The topological polar surface area (TPSA) is 112 Å². The Morgan fingerprint density at radius 2 is 1.89 bits per heavy atom. The van der Waals surface area contributed by atoms with Gasteiger partial charge in [0.2, 0.25) is 5.95 Å². The Balaban J connectivity index is 1.26. The SMILES string of the molecule is CC(C)(C)OC(=O)N1CCCN(c2ccc(Nc3ncc4cc(C#N)n(C5CCCC5)c4n3)nc2)CC1. The first-order valence-electron chi connectivity index (χ1n) is 13.0. The molecule has 4 heterocycles. The minimum Gasteiger partial charge on any atom is -0.444 e. The molecular weight excluding hydrogens is 468 g/mol. The zero-order valence-electron chi connectivity index (χ0n) is 21.8. The van der Waals surface area contributed by atoms with Gasteiger partial charge < -0.3 is 24.4 Å². The summed E-state index contributed by atoms with van der Waals surface area (Å²) in [4.78, 5) is 30.3. The van der Waals surface area contributed by atoms with E-state index < -0.39 is 5.60 Å². The van der Waals surface area contributed by atoms with Crippen LogP contribution >= 0.6 is 0 Å². The van der Waals surface area contributed by atoms with Crippen molar-refractivity contribution in [2.75, 3.05) is 36.4 Å². The number of anilines is 3. The number of nitrogens with zero attached hydrogens (tertiary/aromatic N) is 7. The van der Waals surface area contributed by atoms with Gasteiger partial charge in [0, 0.05) is 43.8 Å². The van der Waals surface area contributed by atoms with E-state index in [2.05, 4.69) is 30.8 Å². The van der Waals surface area contributed by atoms with Gasteiger partial charge in [0.15, 0.2) is 0 Å².